The van der Waals surface area contributed by atoms with Crippen LogP contribution in [0.5, 0.6) is 0 Å². The second-order valence-corrected chi connectivity index (χ2v) is 8.75. The number of thiazole rings is 1. The van der Waals surface area contributed by atoms with Crippen LogP contribution in [0.1, 0.15) is 33.6 Å². The lowest BCUT2D eigenvalue weighted by atomic mass is 10.1. The first-order valence-corrected chi connectivity index (χ1v) is 11.2. The Morgan fingerprint density at radius 1 is 1.13 bits per heavy atom. The second kappa shape index (κ2) is 8.13. The molecule has 3 heterocycles. The number of rotatable bonds is 4. The van der Waals surface area contributed by atoms with Crippen molar-refractivity contribution in [3.05, 3.63) is 59.8 Å². The predicted octanol–water partition coefficient (Wildman–Crippen LogP) is 3.06. The smallest absolute Gasteiger partial charge is 0.251 e. The molecule has 1 aliphatic heterocycles. The number of hydrogen-bond acceptors (Lipinski definition) is 5. The fraction of sp³-hybridized carbons (Fsp3) is 0.261. The van der Waals surface area contributed by atoms with Gasteiger partial charge in [0.05, 0.1) is 15.9 Å². The van der Waals surface area contributed by atoms with Gasteiger partial charge in [0.25, 0.3) is 11.8 Å². The number of nitrogens with zero attached hydrogens (tertiary/aromatic N) is 2. The molecular weight excluding hydrogens is 410 g/mol. The summed E-state index contributed by atoms with van der Waals surface area (Å²) in [6.07, 6.45) is 4.10. The van der Waals surface area contributed by atoms with E-state index < -0.39 is 0 Å². The quantitative estimate of drug-likeness (QED) is 0.462. The number of aromatic nitrogens is 2. The molecule has 0 unspecified atom stereocenters. The third-order valence-corrected chi connectivity index (χ3v) is 6.68. The van der Waals surface area contributed by atoms with Crippen LogP contribution < -0.4 is 16.0 Å². The molecular formula is C23H23N5O2S. The first-order valence-electron chi connectivity index (χ1n) is 10.4. The van der Waals surface area contributed by atoms with Gasteiger partial charge in [-0.3, -0.25) is 14.0 Å². The molecule has 2 amide bonds. The Kier molecular flexibility index (Phi) is 5.17. The highest BCUT2D eigenvalue weighted by atomic mass is 32.1. The van der Waals surface area contributed by atoms with E-state index in [4.69, 9.17) is 4.98 Å². The van der Waals surface area contributed by atoms with E-state index in [9.17, 15) is 9.59 Å². The van der Waals surface area contributed by atoms with Gasteiger partial charge in [-0.1, -0.05) is 23.5 Å². The summed E-state index contributed by atoms with van der Waals surface area (Å²) in [5.41, 5.74) is 4.12. The van der Waals surface area contributed by atoms with Crippen molar-refractivity contribution >= 4 is 38.3 Å². The molecule has 2 aromatic heterocycles. The number of carbonyl (C=O) groups excluding carboxylic acids is 2. The summed E-state index contributed by atoms with van der Waals surface area (Å²) >= 11 is 1.56. The Balaban J connectivity index is 1.40. The van der Waals surface area contributed by atoms with Crippen molar-refractivity contribution in [3.63, 3.8) is 0 Å². The van der Waals surface area contributed by atoms with Gasteiger partial charge in [-0.15, -0.1) is 0 Å². The highest BCUT2D eigenvalue weighted by Gasteiger charge is 2.18. The van der Waals surface area contributed by atoms with Crippen LogP contribution in [-0.2, 0) is 0 Å². The Labute approximate surface area is 183 Å². The van der Waals surface area contributed by atoms with Gasteiger partial charge in [-0.05, 0) is 49.7 Å². The van der Waals surface area contributed by atoms with Crippen LogP contribution in [0.15, 0.2) is 48.7 Å². The summed E-state index contributed by atoms with van der Waals surface area (Å²) in [5, 5.41) is 9.07. The maximum atomic E-state index is 12.7. The molecule has 4 aromatic rings. The number of piperidine rings is 1. The van der Waals surface area contributed by atoms with E-state index in [-0.39, 0.29) is 17.9 Å². The van der Waals surface area contributed by atoms with Crippen molar-refractivity contribution in [1.29, 1.82) is 0 Å². The standard InChI is InChI=1S/C23H23N5O2S/c1-24-21(29)15-6-4-14(5-7-15)18-13-28-19-9-8-16(11-20(19)31-23(28)27-18)22(30)26-17-3-2-10-25-12-17/h4-9,11,13,17,25H,2-3,10,12H2,1H3,(H,24,29)(H,26,30)/t17-/m0/s1. The van der Waals surface area contributed by atoms with Crippen LogP contribution in [0.4, 0.5) is 0 Å². The zero-order chi connectivity index (χ0) is 21.4. The number of nitrogens with one attached hydrogen (secondary N) is 3. The Morgan fingerprint density at radius 3 is 2.68 bits per heavy atom. The first kappa shape index (κ1) is 19.7. The lowest BCUT2D eigenvalue weighted by Gasteiger charge is -2.23. The number of imidazole rings is 1. The van der Waals surface area contributed by atoms with Crippen molar-refractivity contribution in [2.24, 2.45) is 0 Å². The highest BCUT2D eigenvalue weighted by Crippen LogP contribution is 2.30. The van der Waals surface area contributed by atoms with Crippen molar-refractivity contribution in [2.45, 2.75) is 18.9 Å². The normalized spacial score (nSPS) is 16.5. The van der Waals surface area contributed by atoms with E-state index >= 15 is 0 Å². The molecule has 0 radical (unpaired) electrons. The molecule has 5 rings (SSSR count). The SMILES string of the molecule is CNC(=O)c1ccc(-c2cn3c(n2)sc2cc(C(=O)N[C@H]4CCCNC4)ccc23)cc1. The summed E-state index contributed by atoms with van der Waals surface area (Å²) in [5.74, 6) is -0.138. The molecule has 8 heteroatoms. The molecule has 2 aromatic carbocycles. The Bertz CT molecular complexity index is 1270. The fourth-order valence-electron chi connectivity index (χ4n) is 3.96. The second-order valence-electron chi connectivity index (χ2n) is 7.74. The predicted molar refractivity (Wildman–Crippen MR) is 123 cm³/mol. The van der Waals surface area contributed by atoms with Crippen molar-refractivity contribution in [1.82, 2.24) is 25.3 Å². The first-order chi connectivity index (χ1) is 15.1. The average molecular weight is 434 g/mol. The molecule has 0 aliphatic carbocycles. The average Bonchev–Trinajstić information content (AvgIpc) is 3.37. The van der Waals surface area contributed by atoms with Gasteiger partial charge in [-0.2, -0.15) is 0 Å². The van der Waals surface area contributed by atoms with Crippen LogP contribution in [0.2, 0.25) is 0 Å². The largest absolute Gasteiger partial charge is 0.355 e. The van der Waals surface area contributed by atoms with Gasteiger partial charge < -0.3 is 16.0 Å². The van der Waals surface area contributed by atoms with Crippen LogP contribution in [-0.4, -0.2) is 47.4 Å². The lowest BCUT2D eigenvalue weighted by Crippen LogP contribution is -2.45. The van der Waals surface area contributed by atoms with Gasteiger partial charge in [-0.25, -0.2) is 4.98 Å². The van der Waals surface area contributed by atoms with E-state index in [2.05, 4.69) is 20.4 Å². The molecule has 1 saturated heterocycles. The minimum atomic E-state index is -0.108. The molecule has 0 saturated carbocycles. The molecule has 158 valence electrons. The van der Waals surface area contributed by atoms with Crippen molar-refractivity contribution < 1.29 is 9.59 Å². The Morgan fingerprint density at radius 2 is 1.94 bits per heavy atom. The number of amides is 2. The summed E-state index contributed by atoms with van der Waals surface area (Å²) in [4.78, 5) is 30.0. The van der Waals surface area contributed by atoms with Gasteiger partial charge in [0.1, 0.15) is 0 Å². The van der Waals surface area contributed by atoms with Gasteiger partial charge in [0, 0.05) is 42.5 Å². The van der Waals surface area contributed by atoms with E-state index in [1.54, 1.807) is 30.5 Å². The minimum Gasteiger partial charge on any atom is -0.355 e. The molecule has 0 bridgehead atoms. The summed E-state index contributed by atoms with van der Waals surface area (Å²) in [6, 6.07) is 13.4. The maximum absolute atomic E-state index is 12.7. The van der Waals surface area contributed by atoms with Crippen LogP contribution in [0.25, 0.3) is 26.4 Å². The van der Waals surface area contributed by atoms with Crippen LogP contribution in [0.3, 0.4) is 0 Å². The van der Waals surface area contributed by atoms with E-state index in [1.165, 1.54) is 0 Å². The van der Waals surface area contributed by atoms with Crippen molar-refractivity contribution in [3.8, 4) is 11.3 Å². The van der Waals surface area contributed by atoms with Gasteiger partial charge in [0.2, 0.25) is 0 Å². The molecule has 31 heavy (non-hydrogen) atoms. The monoisotopic (exact) mass is 433 g/mol. The molecule has 0 spiro atoms. The van der Waals surface area contributed by atoms with Crippen LogP contribution >= 0.6 is 11.3 Å². The lowest BCUT2D eigenvalue weighted by molar-refractivity contribution is 0.0929. The zero-order valence-electron chi connectivity index (χ0n) is 17.1. The number of hydrogen-bond donors (Lipinski definition) is 3. The minimum absolute atomic E-state index is 0.0291. The van der Waals surface area contributed by atoms with Gasteiger partial charge in [0.15, 0.2) is 4.96 Å². The van der Waals surface area contributed by atoms with E-state index in [1.807, 2.05) is 36.5 Å². The van der Waals surface area contributed by atoms with Gasteiger partial charge >= 0.3 is 0 Å². The maximum Gasteiger partial charge on any atom is 0.251 e. The van der Waals surface area contributed by atoms with E-state index in [0.717, 1.165) is 52.4 Å². The molecule has 7 nitrogen and oxygen atoms in total. The number of fused-ring (bicyclic) bond motifs is 3. The summed E-state index contributed by atoms with van der Waals surface area (Å²) < 4.78 is 3.08. The number of carbonyl (C=O) groups is 2. The summed E-state index contributed by atoms with van der Waals surface area (Å²) in [7, 11) is 1.62. The molecule has 1 atom stereocenters. The molecule has 1 aliphatic rings. The zero-order valence-corrected chi connectivity index (χ0v) is 18.0. The topological polar surface area (TPSA) is 87.5 Å². The third kappa shape index (κ3) is 3.80. The summed E-state index contributed by atoms with van der Waals surface area (Å²) in [6.45, 7) is 1.85. The Hall–Kier alpha value is -3.23. The molecule has 3 N–H and O–H groups in total. The van der Waals surface area contributed by atoms with Crippen molar-refractivity contribution in [2.75, 3.05) is 20.1 Å². The van der Waals surface area contributed by atoms with E-state index in [0.29, 0.717) is 11.1 Å². The molecule has 1 fully saturated rings. The highest BCUT2D eigenvalue weighted by molar-refractivity contribution is 7.23. The number of benzene rings is 2. The van der Waals surface area contributed by atoms with Crippen LogP contribution in [0, 0.1) is 0 Å². The third-order valence-electron chi connectivity index (χ3n) is 5.66. The fourth-order valence-corrected chi connectivity index (χ4v) is 5.01.